The summed E-state index contributed by atoms with van der Waals surface area (Å²) in [6.07, 6.45) is -17.9. The molecule has 0 aromatic carbocycles. The summed E-state index contributed by atoms with van der Waals surface area (Å²) in [6.45, 7) is -4.43. The van der Waals surface area contributed by atoms with Crippen molar-refractivity contribution in [3.63, 3.8) is 0 Å². The molecule has 0 aromatic rings. The molecule has 0 heterocycles. The lowest BCUT2D eigenvalue weighted by molar-refractivity contribution is -0.380. The summed E-state index contributed by atoms with van der Waals surface area (Å²) in [4.78, 5) is 0. The molecule has 2 rings (SSSR count). The second kappa shape index (κ2) is 11.8. The minimum Gasteiger partial charge on any atom is -0.353 e. The van der Waals surface area contributed by atoms with Gasteiger partial charge in [-0.15, -0.1) is 0 Å². The van der Waals surface area contributed by atoms with Crippen molar-refractivity contribution in [1.29, 1.82) is 0 Å². The van der Waals surface area contributed by atoms with Gasteiger partial charge in [-0.2, -0.15) is 43.9 Å². The number of alkyl halides is 16. The maximum absolute atomic E-state index is 15.1. The third-order valence-electron chi connectivity index (χ3n) is 8.45. The molecule has 0 spiro atoms. The van der Waals surface area contributed by atoms with E-state index in [4.69, 9.17) is 0 Å². The van der Waals surface area contributed by atoms with E-state index in [0.29, 0.717) is 0 Å². The lowest BCUT2D eigenvalue weighted by Gasteiger charge is -2.42. The van der Waals surface area contributed by atoms with Crippen LogP contribution in [0.2, 0.25) is 0 Å². The molecule has 0 aromatic heterocycles. The number of rotatable bonds is 13. The van der Waals surface area contributed by atoms with Crippen molar-refractivity contribution < 1.29 is 89.2 Å². The highest BCUT2D eigenvalue weighted by molar-refractivity contribution is 5.25. The Morgan fingerprint density at radius 2 is 0.818 bits per heavy atom. The van der Waals surface area contributed by atoms with Crippen LogP contribution in [-0.2, 0) is 18.9 Å². The van der Waals surface area contributed by atoms with Crippen LogP contribution in [0, 0.1) is 11.8 Å². The van der Waals surface area contributed by atoms with Crippen LogP contribution < -0.4 is 0 Å². The highest BCUT2D eigenvalue weighted by atomic mass is 19.4. The molecule has 44 heavy (non-hydrogen) atoms. The lowest BCUT2D eigenvalue weighted by Crippen LogP contribution is -2.67. The van der Waals surface area contributed by atoms with E-state index in [1.807, 2.05) is 0 Å². The Bertz CT molecular complexity index is 915. The molecule has 2 fully saturated rings. The summed E-state index contributed by atoms with van der Waals surface area (Å²) in [5, 5.41) is 0. The van der Waals surface area contributed by atoms with Crippen LogP contribution in [0.1, 0.15) is 53.4 Å². The molecule has 262 valence electrons. The minimum atomic E-state index is -6.12. The Hall–Kier alpha value is -1.28. The normalized spacial score (nSPS) is 36.3. The van der Waals surface area contributed by atoms with Crippen molar-refractivity contribution in [1.82, 2.24) is 0 Å². The van der Waals surface area contributed by atoms with Crippen molar-refractivity contribution in [2.45, 2.75) is 112 Å². The molecule has 2 aliphatic carbocycles. The van der Waals surface area contributed by atoms with E-state index in [9.17, 15) is 61.5 Å². The standard InChI is InChI=1S/C24H30F16O4/c1-5-13-9-17(23(35,36)37,21(31,32)19(13,29)15(3,25)26)43-11-41-7-8-42-12-44-18(24(38,39)40)10-14(6-2)20(30,16(4,27)28)22(18,33)34/h13-14H,5-12H2,1-4H3. The van der Waals surface area contributed by atoms with E-state index < -0.39 is 123 Å². The molecule has 0 bridgehead atoms. The Kier molecular flexibility index (Phi) is 10.4. The van der Waals surface area contributed by atoms with Crippen LogP contribution in [0.15, 0.2) is 0 Å². The largest absolute Gasteiger partial charge is 0.423 e. The van der Waals surface area contributed by atoms with E-state index >= 15 is 8.78 Å². The molecule has 0 amide bonds. The summed E-state index contributed by atoms with van der Waals surface area (Å²) in [6, 6.07) is 0. The van der Waals surface area contributed by atoms with Gasteiger partial charge in [0.25, 0.3) is 11.8 Å². The fourth-order valence-electron chi connectivity index (χ4n) is 6.02. The Balaban J connectivity index is 2.10. The molecule has 2 saturated carbocycles. The fourth-order valence-corrected chi connectivity index (χ4v) is 6.02. The first-order chi connectivity index (χ1) is 19.5. The van der Waals surface area contributed by atoms with E-state index in [1.165, 1.54) is 0 Å². The number of halogens is 16. The summed E-state index contributed by atoms with van der Waals surface area (Å²) in [5.74, 6) is -26.7. The maximum atomic E-state index is 15.1. The van der Waals surface area contributed by atoms with Gasteiger partial charge in [0.05, 0.1) is 13.2 Å². The van der Waals surface area contributed by atoms with Gasteiger partial charge in [0.2, 0.25) is 22.5 Å². The smallest absolute Gasteiger partial charge is 0.353 e. The van der Waals surface area contributed by atoms with Crippen molar-refractivity contribution in [2.24, 2.45) is 11.8 Å². The first kappa shape index (κ1) is 38.9. The van der Waals surface area contributed by atoms with Crippen LogP contribution in [-0.4, -0.2) is 85.4 Å². The maximum Gasteiger partial charge on any atom is 0.423 e. The van der Waals surface area contributed by atoms with Gasteiger partial charge in [0, 0.05) is 25.7 Å². The minimum absolute atomic E-state index is 0.319. The average Bonchev–Trinajstić information content (AvgIpc) is 3.15. The van der Waals surface area contributed by atoms with Crippen molar-refractivity contribution in [3.8, 4) is 0 Å². The third-order valence-corrected chi connectivity index (χ3v) is 8.45. The Morgan fingerprint density at radius 3 is 1.00 bits per heavy atom. The average molecular weight is 686 g/mol. The van der Waals surface area contributed by atoms with Crippen LogP contribution in [0.3, 0.4) is 0 Å². The zero-order chi connectivity index (χ0) is 34.6. The molecule has 6 atom stereocenters. The number of hydrogen-bond acceptors (Lipinski definition) is 4. The summed E-state index contributed by atoms with van der Waals surface area (Å²) in [5.41, 5.74) is -19.6. The quantitative estimate of drug-likeness (QED) is 0.111. The van der Waals surface area contributed by atoms with Gasteiger partial charge in [-0.25, -0.2) is 26.3 Å². The summed E-state index contributed by atoms with van der Waals surface area (Å²) < 4.78 is 246. The van der Waals surface area contributed by atoms with Crippen LogP contribution in [0.25, 0.3) is 0 Å². The number of ether oxygens (including phenoxy) is 4. The fraction of sp³-hybridized carbons (Fsp3) is 1.00. The zero-order valence-corrected chi connectivity index (χ0v) is 23.5. The molecule has 20 heteroatoms. The van der Waals surface area contributed by atoms with Crippen LogP contribution in [0.5, 0.6) is 0 Å². The van der Waals surface area contributed by atoms with Crippen molar-refractivity contribution in [2.75, 3.05) is 26.8 Å². The van der Waals surface area contributed by atoms with E-state index in [-0.39, 0.29) is 13.8 Å². The van der Waals surface area contributed by atoms with E-state index in [2.05, 4.69) is 18.9 Å². The SMILES string of the molecule is CCC1CC(OCOCCOCOC2(C(F)(F)F)CC(CC)C(F)(C(C)(F)F)C2(F)F)(C(F)(F)F)C(F)(F)C1(F)C(C)(F)F. The van der Waals surface area contributed by atoms with Gasteiger partial charge < -0.3 is 18.9 Å². The van der Waals surface area contributed by atoms with E-state index in [1.54, 1.807) is 0 Å². The summed E-state index contributed by atoms with van der Waals surface area (Å²) >= 11 is 0. The second-order valence-electron chi connectivity index (χ2n) is 11.0. The van der Waals surface area contributed by atoms with Gasteiger partial charge in [0.15, 0.2) is 0 Å². The van der Waals surface area contributed by atoms with Crippen LogP contribution >= 0.6 is 0 Å². The van der Waals surface area contributed by atoms with Gasteiger partial charge >= 0.3 is 24.2 Å². The van der Waals surface area contributed by atoms with Crippen molar-refractivity contribution >= 4 is 0 Å². The predicted octanol–water partition coefficient (Wildman–Crippen LogP) is 8.43. The molecule has 6 unspecified atom stereocenters. The monoisotopic (exact) mass is 686 g/mol. The Labute approximate surface area is 240 Å². The molecule has 0 saturated heterocycles. The molecular formula is C24H30F16O4. The lowest BCUT2D eigenvalue weighted by atomic mass is 9.83. The van der Waals surface area contributed by atoms with Gasteiger partial charge in [-0.3, -0.25) is 0 Å². The predicted molar refractivity (Wildman–Crippen MR) is 117 cm³/mol. The molecular weight excluding hydrogens is 656 g/mol. The van der Waals surface area contributed by atoms with E-state index in [0.717, 1.165) is 13.8 Å². The highest BCUT2D eigenvalue weighted by Crippen LogP contribution is 2.68. The molecule has 0 N–H and O–H groups in total. The van der Waals surface area contributed by atoms with Crippen molar-refractivity contribution in [3.05, 3.63) is 0 Å². The van der Waals surface area contributed by atoms with Crippen LogP contribution in [0.4, 0.5) is 70.2 Å². The summed E-state index contributed by atoms with van der Waals surface area (Å²) in [7, 11) is 0. The first-order valence-electron chi connectivity index (χ1n) is 13.0. The van der Waals surface area contributed by atoms with Gasteiger partial charge in [-0.05, 0) is 25.7 Å². The molecule has 4 nitrogen and oxygen atoms in total. The molecule has 2 aliphatic rings. The molecule has 0 radical (unpaired) electrons. The second-order valence-corrected chi connectivity index (χ2v) is 11.0. The molecule has 0 aliphatic heterocycles. The number of hydrogen-bond donors (Lipinski definition) is 0. The first-order valence-corrected chi connectivity index (χ1v) is 13.0. The van der Waals surface area contributed by atoms with Gasteiger partial charge in [-0.1, -0.05) is 13.8 Å². The Morgan fingerprint density at radius 1 is 0.545 bits per heavy atom. The third kappa shape index (κ3) is 5.34. The highest BCUT2D eigenvalue weighted by Gasteiger charge is 2.90. The topological polar surface area (TPSA) is 36.9 Å². The van der Waals surface area contributed by atoms with Gasteiger partial charge in [0.1, 0.15) is 13.6 Å². The zero-order valence-electron chi connectivity index (χ0n) is 23.5.